The second kappa shape index (κ2) is 10.3. The van der Waals surface area contributed by atoms with Crippen LogP contribution in [0, 0.1) is 0 Å². The van der Waals surface area contributed by atoms with Crippen molar-refractivity contribution < 1.29 is 22.4 Å². The molecule has 2 aromatic carbocycles. The monoisotopic (exact) mass is 488 g/mol. The van der Waals surface area contributed by atoms with E-state index in [-0.39, 0.29) is 16.6 Å². The molecule has 1 N–H and O–H groups in total. The molecule has 3 aromatic rings. The highest BCUT2D eigenvalue weighted by atomic mass is 32.2. The lowest BCUT2D eigenvalue weighted by atomic mass is 10.1. The Morgan fingerprint density at radius 3 is 2.42 bits per heavy atom. The second-order valence-electron chi connectivity index (χ2n) is 7.46. The second-order valence-corrected chi connectivity index (χ2v) is 10.1. The van der Waals surface area contributed by atoms with Crippen LogP contribution in [0.4, 0.5) is 5.69 Å². The van der Waals surface area contributed by atoms with Gasteiger partial charge in [0.2, 0.25) is 11.8 Å². The summed E-state index contributed by atoms with van der Waals surface area (Å²) < 4.78 is 38.4. The van der Waals surface area contributed by atoms with E-state index in [1.165, 1.54) is 37.4 Å². The Labute approximate surface area is 196 Å². The summed E-state index contributed by atoms with van der Waals surface area (Å²) in [4.78, 5) is 14.3. The van der Waals surface area contributed by atoms with Gasteiger partial charge in [-0.1, -0.05) is 11.8 Å². The standard InChI is InChI=1S/C22H24N4O5S2/c1-30-18-9-11-19(12-10-18)33(28,29)25-17-7-5-16(6-8-17)21-23-24-22(31-21)32-15-20(27)26-13-3-2-4-14-26/h5-12,25H,2-4,13-15H2,1H3. The number of methoxy groups -OCH3 is 1. The molecule has 0 atom stereocenters. The number of likely N-dealkylation sites (tertiary alicyclic amines) is 1. The van der Waals surface area contributed by atoms with Gasteiger partial charge in [-0.25, -0.2) is 8.42 Å². The first-order chi connectivity index (χ1) is 15.9. The maximum Gasteiger partial charge on any atom is 0.277 e. The third kappa shape index (κ3) is 5.85. The summed E-state index contributed by atoms with van der Waals surface area (Å²) in [5.74, 6) is 1.21. The maximum absolute atomic E-state index is 12.6. The number of nitrogens with zero attached hydrogens (tertiary/aromatic N) is 3. The van der Waals surface area contributed by atoms with Crippen molar-refractivity contribution in [1.29, 1.82) is 0 Å². The number of nitrogens with one attached hydrogen (secondary N) is 1. The summed E-state index contributed by atoms with van der Waals surface area (Å²) in [6.45, 7) is 1.62. The van der Waals surface area contributed by atoms with Crippen LogP contribution in [-0.2, 0) is 14.8 Å². The lowest BCUT2D eigenvalue weighted by molar-refractivity contribution is -0.129. The van der Waals surface area contributed by atoms with Gasteiger partial charge in [-0.3, -0.25) is 9.52 Å². The number of anilines is 1. The number of hydrogen-bond donors (Lipinski definition) is 1. The Bertz CT molecular complexity index is 1190. The Hall–Kier alpha value is -3.05. The van der Waals surface area contributed by atoms with Crippen LogP contribution >= 0.6 is 11.8 Å². The summed E-state index contributed by atoms with van der Waals surface area (Å²) in [7, 11) is -2.22. The largest absolute Gasteiger partial charge is 0.497 e. The molecule has 1 aliphatic heterocycles. The molecule has 9 nitrogen and oxygen atoms in total. The molecule has 0 spiro atoms. The Balaban J connectivity index is 1.36. The summed E-state index contributed by atoms with van der Waals surface area (Å²) in [5, 5.41) is 8.35. The van der Waals surface area contributed by atoms with Crippen molar-refractivity contribution in [1.82, 2.24) is 15.1 Å². The van der Waals surface area contributed by atoms with Gasteiger partial charge in [-0.05, 0) is 67.8 Å². The fourth-order valence-electron chi connectivity index (χ4n) is 3.39. The molecule has 33 heavy (non-hydrogen) atoms. The van der Waals surface area contributed by atoms with Crippen molar-refractivity contribution >= 4 is 33.4 Å². The van der Waals surface area contributed by atoms with E-state index < -0.39 is 10.0 Å². The number of thioether (sulfide) groups is 1. The summed E-state index contributed by atoms with van der Waals surface area (Å²) in [6.07, 6.45) is 3.27. The van der Waals surface area contributed by atoms with E-state index in [4.69, 9.17) is 9.15 Å². The molecule has 11 heteroatoms. The van der Waals surface area contributed by atoms with Gasteiger partial charge >= 0.3 is 0 Å². The molecule has 0 radical (unpaired) electrons. The Kier molecular flexibility index (Phi) is 7.19. The zero-order valence-electron chi connectivity index (χ0n) is 18.1. The van der Waals surface area contributed by atoms with Crippen LogP contribution in [0.25, 0.3) is 11.5 Å². The highest BCUT2D eigenvalue weighted by Gasteiger charge is 2.19. The third-order valence-corrected chi connectivity index (χ3v) is 7.39. The van der Waals surface area contributed by atoms with E-state index in [1.54, 1.807) is 36.4 Å². The summed E-state index contributed by atoms with van der Waals surface area (Å²) in [6, 6.07) is 12.7. The van der Waals surface area contributed by atoms with E-state index in [0.29, 0.717) is 28.1 Å². The van der Waals surface area contributed by atoms with Crippen molar-refractivity contribution in [3.8, 4) is 17.2 Å². The number of carbonyl (C=O) groups is 1. The number of piperidine rings is 1. The Morgan fingerprint density at radius 1 is 1.06 bits per heavy atom. The number of ether oxygens (including phenoxy) is 1. The van der Waals surface area contributed by atoms with Crippen LogP contribution in [0.5, 0.6) is 5.75 Å². The summed E-state index contributed by atoms with van der Waals surface area (Å²) >= 11 is 1.22. The van der Waals surface area contributed by atoms with E-state index in [9.17, 15) is 13.2 Å². The highest BCUT2D eigenvalue weighted by Crippen LogP contribution is 2.26. The zero-order valence-corrected chi connectivity index (χ0v) is 19.7. The SMILES string of the molecule is COc1ccc(S(=O)(=O)Nc2ccc(-c3nnc(SCC(=O)N4CCCCC4)o3)cc2)cc1. The van der Waals surface area contributed by atoms with Crippen LogP contribution < -0.4 is 9.46 Å². The minimum absolute atomic E-state index is 0.0768. The normalized spacial score (nSPS) is 14.2. The number of aromatic nitrogens is 2. The van der Waals surface area contributed by atoms with Crippen LogP contribution in [0.15, 0.2) is 63.1 Å². The van der Waals surface area contributed by atoms with Gasteiger partial charge in [0.05, 0.1) is 17.8 Å². The van der Waals surface area contributed by atoms with Gasteiger partial charge in [0.15, 0.2) is 0 Å². The predicted octanol–water partition coefficient (Wildman–Crippen LogP) is 3.65. The molecule has 1 saturated heterocycles. The Morgan fingerprint density at radius 2 is 1.76 bits per heavy atom. The molecule has 4 rings (SSSR count). The topological polar surface area (TPSA) is 115 Å². The molecule has 0 bridgehead atoms. The number of carbonyl (C=O) groups excluding carboxylic acids is 1. The fourth-order valence-corrected chi connectivity index (χ4v) is 5.12. The minimum atomic E-state index is -3.73. The van der Waals surface area contributed by atoms with E-state index in [0.717, 1.165) is 25.9 Å². The van der Waals surface area contributed by atoms with E-state index in [2.05, 4.69) is 14.9 Å². The molecule has 1 amide bonds. The van der Waals surface area contributed by atoms with Crippen molar-refractivity contribution in [2.75, 3.05) is 30.7 Å². The average Bonchev–Trinajstić information content (AvgIpc) is 3.32. The van der Waals surface area contributed by atoms with Crippen molar-refractivity contribution in [2.45, 2.75) is 29.4 Å². The first kappa shape index (κ1) is 23.1. The van der Waals surface area contributed by atoms with Crippen molar-refractivity contribution in [2.24, 2.45) is 0 Å². The van der Waals surface area contributed by atoms with Gasteiger partial charge < -0.3 is 14.1 Å². The molecule has 0 unspecified atom stereocenters. The van der Waals surface area contributed by atoms with E-state index >= 15 is 0 Å². The molecule has 2 heterocycles. The fraction of sp³-hybridized carbons (Fsp3) is 0.318. The lowest BCUT2D eigenvalue weighted by Crippen LogP contribution is -2.36. The molecule has 1 aromatic heterocycles. The molecule has 1 aliphatic rings. The molecule has 1 fully saturated rings. The number of benzene rings is 2. The highest BCUT2D eigenvalue weighted by molar-refractivity contribution is 7.99. The molecule has 174 valence electrons. The average molecular weight is 489 g/mol. The quantitative estimate of drug-likeness (QED) is 0.478. The third-order valence-electron chi connectivity index (χ3n) is 5.19. The van der Waals surface area contributed by atoms with Crippen LogP contribution in [0.2, 0.25) is 0 Å². The van der Waals surface area contributed by atoms with E-state index in [1.807, 2.05) is 4.90 Å². The predicted molar refractivity (Wildman–Crippen MR) is 125 cm³/mol. The van der Waals surface area contributed by atoms with Crippen LogP contribution in [0.3, 0.4) is 0 Å². The van der Waals surface area contributed by atoms with Crippen LogP contribution in [0.1, 0.15) is 19.3 Å². The van der Waals surface area contributed by atoms with Gasteiger partial charge in [-0.15, -0.1) is 10.2 Å². The maximum atomic E-state index is 12.6. The number of hydrogen-bond acceptors (Lipinski definition) is 8. The first-order valence-electron chi connectivity index (χ1n) is 10.5. The number of sulfonamides is 1. The zero-order chi connectivity index (χ0) is 23.3. The lowest BCUT2D eigenvalue weighted by Gasteiger charge is -2.26. The van der Waals surface area contributed by atoms with Crippen molar-refractivity contribution in [3.05, 3.63) is 48.5 Å². The number of rotatable bonds is 8. The molecule has 0 saturated carbocycles. The van der Waals surface area contributed by atoms with Gasteiger partial charge in [0, 0.05) is 24.3 Å². The molecular weight excluding hydrogens is 464 g/mol. The van der Waals surface area contributed by atoms with Crippen LogP contribution in [-0.4, -0.2) is 55.4 Å². The first-order valence-corrected chi connectivity index (χ1v) is 12.9. The van der Waals surface area contributed by atoms with Gasteiger partial charge in [-0.2, -0.15) is 0 Å². The molecular formula is C22H24N4O5S2. The number of amides is 1. The smallest absolute Gasteiger partial charge is 0.277 e. The summed E-state index contributed by atoms with van der Waals surface area (Å²) in [5.41, 5.74) is 1.04. The van der Waals surface area contributed by atoms with Gasteiger partial charge in [0.25, 0.3) is 15.2 Å². The minimum Gasteiger partial charge on any atom is -0.497 e. The van der Waals surface area contributed by atoms with Gasteiger partial charge in [0.1, 0.15) is 5.75 Å². The van der Waals surface area contributed by atoms with Crippen molar-refractivity contribution in [3.63, 3.8) is 0 Å². The molecule has 0 aliphatic carbocycles.